The Balaban J connectivity index is 1.68. The quantitative estimate of drug-likeness (QED) is 0.276. The highest BCUT2D eigenvalue weighted by Crippen LogP contribution is 2.39. The number of rotatable bonds is 6. The number of carbonyl (C=O) groups is 4. The Labute approximate surface area is 194 Å². The molecule has 9 nitrogen and oxygen atoms in total. The van der Waals surface area contributed by atoms with E-state index in [0.29, 0.717) is 12.8 Å². The normalized spacial score (nSPS) is 19.8. The van der Waals surface area contributed by atoms with E-state index in [0.717, 1.165) is 22.9 Å². The lowest BCUT2D eigenvalue weighted by atomic mass is 9.81. The average Bonchev–Trinajstić information content (AvgIpc) is 3.07. The number of nitro groups is 1. The molecule has 2 atom stereocenters. The van der Waals surface area contributed by atoms with E-state index in [9.17, 15) is 29.3 Å². The molecule has 1 saturated carbocycles. The number of amides is 3. The number of hydrogen-bond donors (Lipinski definition) is 0. The monoisotopic (exact) mass is 469 g/mol. The molecule has 2 aromatic rings. The number of nitrogens with zero attached hydrogens (tertiary/aromatic N) is 3. The molecule has 1 heterocycles. The number of Topliss-reactive ketones (excluding diaryl/α,β-unsaturated/α-hetero) is 1. The molecule has 0 spiro atoms. The summed E-state index contributed by atoms with van der Waals surface area (Å²) in [7, 11) is 0. The van der Waals surface area contributed by atoms with E-state index in [1.165, 1.54) is 36.4 Å². The largest absolute Gasteiger partial charge is 0.292 e. The Morgan fingerprint density at radius 1 is 1.00 bits per heavy atom. The van der Waals surface area contributed by atoms with Gasteiger partial charge >= 0.3 is 0 Å². The van der Waals surface area contributed by atoms with Crippen molar-refractivity contribution in [2.45, 2.75) is 25.7 Å². The second kappa shape index (κ2) is 9.11. The van der Waals surface area contributed by atoms with Gasteiger partial charge in [0.25, 0.3) is 23.4 Å². The molecule has 0 aromatic heterocycles. The van der Waals surface area contributed by atoms with Crippen LogP contribution < -0.4 is 0 Å². The molecule has 2 aromatic carbocycles. The minimum absolute atomic E-state index is 0.0474. The number of benzene rings is 2. The highest BCUT2D eigenvalue weighted by Gasteiger charge is 2.51. The standard InChI is InChI=1S/C23H20ClN3O6/c24-19-8-4-3-7-18(19)21(29)25(13-20(28)14-9-11-15(12-10-14)27(32)33)26-22(30)16-5-1-2-6-17(16)23(26)31/h3-4,7-12,16-17H,1-2,5-6,13H2/t16-,17-/m0/s1. The van der Waals surface area contributed by atoms with Crippen molar-refractivity contribution in [3.05, 3.63) is 74.8 Å². The third-order valence-electron chi connectivity index (χ3n) is 6.09. The molecular weight excluding hydrogens is 450 g/mol. The Kier molecular flexibility index (Phi) is 6.24. The summed E-state index contributed by atoms with van der Waals surface area (Å²) in [6, 6.07) is 11.1. The molecule has 0 bridgehead atoms. The van der Waals surface area contributed by atoms with E-state index < -0.39 is 46.8 Å². The number of hydrogen-bond acceptors (Lipinski definition) is 6. The molecule has 170 valence electrons. The predicted molar refractivity (Wildman–Crippen MR) is 117 cm³/mol. The lowest BCUT2D eigenvalue weighted by molar-refractivity contribution is -0.384. The third kappa shape index (κ3) is 4.23. The number of imide groups is 1. The van der Waals surface area contributed by atoms with Crippen LogP contribution in [0.5, 0.6) is 0 Å². The summed E-state index contributed by atoms with van der Waals surface area (Å²) < 4.78 is 0. The minimum Gasteiger partial charge on any atom is -0.292 e. The molecular formula is C23H20ClN3O6. The van der Waals surface area contributed by atoms with Crippen LogP contribution in [0.15, 0.2) is 48.5 Å². The zero-order valence-electron chi connectivity index (χ0n) is 17.5. The van der Waals surface area contributed by atoms with Crippen molar-refractivity contribution < 1.29 is 24.1 Å². The lowest BCUT2D eigenvalue weighted by Gasteiger charge is -2.30. The Morgan fingerprint density at radius 2 is 1.58 bits per heavy atom. The number of non-ortho nitro benzene ring substituents is 1. The average molecular weight is 470 g/mol. The van der Waals surface area contributed by atoms with E-state index in [4.69, 9.17) is 11.6 Å². The first kappa shape index (κ1) is 22.6. The first-order valence-electron chi connectivity index (χ1n) is 10.5. The maximum absolute atomic E-state index is 13.4. The van der Waals surface area contributed by atoms with Crippen molar-refractivity contribution >= 4 is 40.8 Å². The highest BCUT2D eigenvalue weighted by molar-refractivity contribution is 6.34. The van der Waals surface area contributed by atoms with E-state index in [-0.39, 0.29) is 21.8 Å². The van der Waals surface area contributed by atoms with Gasteiger partial charge in [-0.1, -0.05) is 36.6 Å². The van der Waals surface area contributed by atoms with Crippen LogP contribution in [-0.2, 0) is 9.59 Å². The van der Waals surface area contributed by atoms with Gasteiger partial charge in [0.15, 0.2) is 5.78 Å². The highest BCUT2D eigenvalue weighted by atomic mass is 35.5. The first-order valence-corrected chi connectivity index (χ1v) is 10.9. The molecule has 1 aliphatic carbocycles. The molecule has 2 aliphatic rings. The van der Waals surface area contributed by atoms with E-state index in [1.807, 2.05) is 0 Å². The topological polar surface area (TPSA) is 118 Å². The van der Waals surface area contributed by atoms with Gasteiger partial charge < -0.3 is 0 Å². The van der Waals surface area contributed by atoms with Crippen LogP contribution in [0.1, 0.15) is 46.4 Å². The van der Waals surface area contributed by atoms with E-state index in [1.54, 1.807) is 12.1 Å². The van der Waals surface area contributed by atoms with Gasteiger partial charge in [-0.15, -0.1) is 0 Å². The van der Waals surface area contributed by atoms with Gasteiger partial charge in [-0.05, 0) is 37.1 Å². The van der Waals surface area contributed by atoms with Gasteiger partial charge in [-0.25, -0.2) is 5.01 Å². The molecule has 2 fully saturated rings. The summed E-state index contributed by atoms with van der Waals surface area (Å²) in [6.45, 7) is -0.598. The third-order valence-corrected chi connectivity index (χ3v) is 6.42. The molecule has 0 unspecified atom stereocenters. The molecule has 10 heteroatoms. The summed E-state index contributed by atoms with van der Waals surface area (Å²) in [4.78, 5) is 63.0. The molecule has 1 aliphatic heterocycles. The molecule has 0 radical (unpaired) electrons. The van der Waals surface area contributed by atoms with Crippen molar-refractivity contribution in [2.24, 2.45) is 11.8 Å². The second-order valence-corrected chi connectivity index (χ2v) is 8.46. The van der Waals surface area contributed by atoms with Gasteiger partial charge in [0.05, 0.1) is 27.3 Å². The van der Waals surface area contributed by atoms with Gasteiger partial charge in [0.1, 0.15) is 6.54 Å². The van der Waals surface area contributed by atoms with Crippen LogP contribution >= 0.6 is 11.6 Å². The van der Waals surface area contributed by atoms with Gasteiger partial charge in [-0.2, -0.15) is 5.01 Å². The summed E-state index contributed by atoms with van der Waals surface area (Å²) >= 11 is 6.18. The van der Waals surface area contributed by atoms with Gasteiger partial charge in [-0.3, -0.25) is 29.3 Å². The smallest absolute Gasteiger partial charge is 0.274 e. The summed E-state index contributed by atoms with van der Waals surface area (Å²) in [5, 5.41) is 12.7. The first-order chi connectivity index (χ1) is 15.8. The van der Waals surface area contributed by atoms with Gasteiger partial charge in [0, 0.05) is 17.7 Å². The van der Waals surface area contributed by atoms with E-state index in [2.05, 4.69) is 0 Å². The molecule has 3 amide bonds. The van der Waals surface area contributed by atoms with Crippen LogP contribution in [0.4, 0.5) is 5.69 Å². The van der Waals surface area contributed by atoms with Crippen molar-refractivity contribution in [3.63, 3.8) is 0 Å². The number of fused-ring (bicyclic) bond motifs is 1. The molecule has 0 N–H and O–H groups in total. The van der Waals surface area contributed by atoms with Crippen molar-refractivity contribution in [1.29, 1.82) is 0 Å². The Bertz CT molecular complexity index is 1130. The molecule has 1 saturated heterocycles. The number of carbonyl (C=O) groups excluding carboxylic acids is 4. The summed E-state index contributed by atoms with van der Waals surface area (Å²) in [5.74, 6) is -3.36. The van der Waals surface area contributed by atoms with Crippen LogP contribution in [-0.4, -0.2) is 45.0 Å². The Hall–Kier alpha value is -3.59. The maximum atomic E-state index is 13.4. The predicted octanol–water partition coefficient (Wildman–Crippen LogP) is 3.66. The minimum atomic E-state index is -0.754. The number of ketones is 1. The number of nitro benzene ring substituents is 1. The molecule has 33 heavy (non-hydrogen) atoms. The molecule has 4 rings (SSSR count). The van der Waals surface area contributed by atoms with Gasteiger partial charge in [0.2, 0.25) is 0 Å². The SMILES string of the molecule is O=C(CN(C(=O)c1ccccc1Cl)N1C(=O)[C@H]2CCCC[C@@H]2C1=O)c1ccc([N+](=O)[O-])cc1. The van der Waals surface area contributed by atoms with Crippen LogP contribution in [0.2, 0.25) is 5.02 Å². The second-order valence-electron chi connectivity index (χ2n) is 8.06. The van der Waals surface area contributed by atoms with Crippen LogP contribution in [0.25, 0.3) is 0 Å². The number of hydrazine groups is 1. The van der Waals surface area contributed by atoms with Crippen molar-refractivity contribution in [3.8, 4) is 0 Å². The zero-order chi connectivity index (χ0) is 23.7. The maximum Gasteiger partial charge on any atom is 0.274 e. The zero-order valence-corrected chi connectivity index (χ0v) is 18.2. The van der Waals surface area contributed by atoms with Crippen molar-refractivity contribution in [2.75, 3.05) is 6.54 Å². The van der Waals surface area contributed by atoms with Crippen LogP contribution in [0.3, 0.4) is 0 Å². The van der Waals surface area contributed by atoms with E-state index >= 15 is 0 Å². The Morgan fingerprint density at radius 3 is 2.12 bits per heavy atom. The summed E-state index contributed by atoms with van der Waals surface area (Å²) in [5.41, 5.74) is -0.0373. The number of halogens is 1. The van der Waals surface area contributed by atoms with Crippen LogP contribution in [0, 0.1) is 22.0 Å². The fourth-order valence-corrected chi connectivity index (χ4v) is 4.60. The lowest BCUT2D eigenvalue weighted by Crippen LogP contribution is -2.52. The fraction of sp³-hybridized carbons (Fsp3) is 0.304. The fourth-order valence-electron chi connectivity index (χ4n) is 4.39. The van der Waals surface area contributed by atoms with Crippen molar-refractivity contribution in [1.82, 2.24) is 10.0 Å². The summed E-state index contributed by atoms with van der Waals surface area (Å²) in [6.07, 6.45) is 2.73.